The summed E-state index contributed by atoms with van der Waals surface area (Å²) >= 11 is 13.5. The van der Waals surface area contributed by atoms with E-state index in [-0.39, 0.29) is 15.8 Å². The van der Waals surface area contributed by atoms with Crippen LogP contribution in [0.15, 0.2) is 22.6 Å². The first-order valence-electron chi connectivity index (χ1n) is 6.25. The van der Waals surface area contributed by atoms with Crippen LogP contribution >= 0.6 is 34.5 Å². The summed E-state index contributed by atoms with van der Waals surface area (Å²) in [5, 5.41) is 15.4. The number of ether oxygens (including phenoxy) is 1. The quantitative estimate of drug-likeness (QED) is 0.528. The molecule has 0 aliphatic heterocycles. The Morgan fingerprint density at radius 2 is 2.17 bits per heavy atom. The van der Waals surface area contributed by atoms with Crippen LogP contribution in [0.3, 0.4) is 0 Å². The molecule has 0 amide bonds. The van der Waals surface area contributed by atoms with Crippen molar-refractivity contribution in [3.63, 3.8) is 0 Å². The van der Waals surface area contributed by atoms with E-state index in [1.54, 1.807) is 17.5 Å². The van der Waals surface area contributed by atoms with Gasteiger partial charge < -0.3 is 15.6 Å². The second kappa shape index (κ2) is 7.49. The number of carboxylic acid groups (broad SMARTS) is 1. The minimum atomic E-state index is -1.12. The van der Waals surface area contributed by atoms with Gasteiger partial charge in [-0.15, -0.1) is 11.3 Å². The third kappa shape index (κ3) is 4.72. The molecule has 1 aromatic carbocycles. The summed E-state index contributed by atoms with van der Waals surface area (Å²) < 4.78 is 5.22. The number of carboxylic acids is 1. The Kier molecular flexibility index (Phi) is 5.64. The number of aliphatic carboxylic acids is 1. The first-order chi connectivity index (χ1) is 10.9. The molecule has 0 saturated heterocycles. The van der Waals surface area contributed by atoms with Crippen LogP contribution in [0.4, 0.5) is 10.9 Å². The van der Waals surface area contributed by atoms with E-state index in [4.69, 9.17) is 38.8 Å². The van der Waals surface area contributed by atoms with Gasteiger partial charge in [0.15, 0.2) is 11.9 Å². The van der Waals surface area contributed by atoms with E-state index in [1.807, 2.05) is 0 Å². The standard InChI is InChI=1S/C13H12Cl2N4O3S/c1-6(12(20)21)22-11-8(14)2-7(3-9(11)15)4-17-19-13-18-10(16)5-23-13/h2-6H,16H2,1H3,(H,18,19)(H,20,21). The molecule has 23 heavy (non-hydrogen) atoms. The molecule has 122 valence electrons. The van der Waals surface area contributed by atoms with Crippen LogP contribution in [0.25, 0.3) is 0 Å². The highest BCUT2D eigenvalue weighted by Gasteiger charge is 2.17. The highest BCUT2D eigenvalue weighted by Crippen LogP contribution is 2.34. The molecule has 2 rings (SSSR count). The van der Waals surface area contributed by atoms with Crippen molar-refractivity contribution in [1.29, 1.82) is 0 Å². The molecule has 1 aromatic heterocycles. The van der Waals surface area contributed by atoms with E-state index in [0.717, 1.165) is 0 Å². The molecular weight excluding hydrogens is 363 g/mol. The van der Waals surface area contributed by atoms with Gasteiger partial charge in [-0.1, -0.05) is 23.2 Å². The summed E-state index contributed by atoms with van der Waals surface area (Å²) in [6.45, 7) is 1.38. The highest BCUT2D eigenvalue weighted by molar-refractivity contribution is 7.14. The van der Waals surface area contributed by atoms with Gasteiger partial charge in [-0.05, 0) is 24.6 Å². The van der Waals surface area contributed by atoms with Crippen molar-refractivity contribution in [3.8, 4) is 5.75 Å². The highest BCUT2D eigenvalue weighted by atomic mass is 35.5. The SMILES string of the molecule is CC(Oc1c(Cl)cc(C=NNc2nc(N)cs2)cc1Cl)C(=O)O. The van der Waals surface area contributed by atoms with Crippen LogP contribution < -0.4 is 15.9 Å². The number of hydrogen-bond donors (Lipinski definition) is 3. The Hall–Kier alpha value is -2.03. The predicted molar refractivity (Wildman–Crippen MR) is 91.9 cm³/mol. The van der Waals surface area contributed by atoms with Crippen LogP contribution in [0, 0.1) is 0 Å². The summed E-state index contributed by atoms with van der Waals surface area (Å²) in [6, 6.07) is 3.11. The fraction of sp³-hybridized carbons (Fsp3) is 0.154. The first kappa shape index (κ1) is 17.3. The number of nitrogen functional groups attached to an aromatic ring is 1. The molecule has 1 heterocycles. The maximum Gasteiger partial charge on any atom is 0.344 e. The second-order valence-corrected chi connectivity index (χ2v) is 6.03. The average molecular weight is 375 g/mol. The predicted octanol–water partition coefficient (Wildman–Crippen LogP) is 3.33. The summed E-state index contributed by atoms with van der Waals surface area (Å²) in [7, 11) is 0. The van der Waals surface area contributed by atoms with Crippen LogP contribution in [0.5, 0.6) is 5.75 Å². The number of benzene rings is 1. The molecule has 0 aliphatic rings. The molecule has 7 nitrogen and oxygen atoms in total. The van der Waals surface area contributed by atoms with Crippen molar-refractivity contribution in [2.75, 3.05) is 11.2 Å². The van der Waals surface area contributed by atoms with Gasteiger partial charge in [0, 0.05) is 5.38 Å². The van der Waals surface area contributed by atoms with E-state index in [9.17, 15) is 4.79 Å². The van der Waals surface area contributed by atoms with Gasteiger partial charge in [0.25, 0.3) is 0 Å². The molecule has 1 atom stereocenters. The maximum atomic E-state index is 10.8. The normalized spacial score (nSPS) is 12.3. The van der Waals surface area contributed by atoms with Crippen LogP contribution in [0.2, 0.25) is 10.0 Å². The lowest BCUT2D eigenvalue weighted by atomic mass is 10.2. The van der Waals surface area contributed by atoms with Crippen LogP contribution in [-0.2, 0) is 4.79 Å². The van der Waals surface area contributed by atoms with Crippen molar-refractivity contribution in [3.05, 3.63) is 33.1 Å². The average Bonchev–Trinajstić information content (AvgIpc) is 2.88. The number of nitrogens with zero attached hydrogens (tertiary/aromatic N) is 2. The second-order valence-electron chi connectivity index (χ2n) is 4.36. The molecule has 0 fully saturated rings. The molecule has 4 N–H and O–H groups in total. The Labute approximate surface area is 145 Å². The topological polar surface area (TPSA) is 110 Å². The fourth-order valence-corrected chi connectivity index (χ4v) is 2.63. The van der Waals surface area contributed by atoms with Gasteiger partial charge in [-0.3, -0.25) is 5.43 Å². The molecule has 0 aliphatic carbocycles. The molecule has 0 spiro atoms. The third-order valence-corrected chi connectivity index (χ3v) is 3.89. The van der Waals surface area contributed by atoms with E-state index in [2.05, 4.69) is 15.5 Å². The Morgan fingerprint density at radius 3 is 2.70 bits per heavy atom. The lowest BCUT2D eigenvalue weighted by Crippen LogP contribution is -2.23. The minimum absolute atomic E-state index is 0.112. The maximum absolute atomic E-state index is 10.8. The monoisotopic (exact) mass is 374 g/mol. The van der Waals surface area contributed by atoms with E-state index in [0.29, 0.717) is 16.5 Å². The number of aromatic nitrogens is 1. The Balaban J connectivity index is 2.11. The number of hydrazone groups is 1. The zero-order valence-corrected chi connectivity index (χ0v) is 14.1. The lowest BCUT2D eigenvalue weighted by molar-refractivity contribution is -0.144. The Bertz CT molecular complexity index is 728. The van der Waals surface area contributed by atoms with Gasteiger partial charge in [0.1, 0.15) is 5.82 Å². The largest absolute Gasteiger partial charge is 0.479 e. The molecule has 0 radical (unpaired) electrons. The smallest absolute Gasteiger partial charge is 0.344 e. The number of nitrogens with two attached hydrogens (primary N) is 1. The number of thiazole rings is 1. The van der Waals surface area contributed by atoms with Gasteiger partial charge in [0.05, 0.1) is 16.3 Å². The number of carbonyl (C=O) groups is 1. The van der Waals surface area contributed by atoms with E-state index < -0.39 is 12.1 Å². The summed E-state index contributed by atoms with van der Waals surface area (Å²) in [4.78, 5) is 14.8. The summed E-state index contributed by atoms with van der Waals surface area (Å²) in [5.41, 5.74) is 8.82. The van der Waals surface area contributed by atoms with Gasteiger partial charge in [-0.25, -0.2) is 9.78 Å². The lowest BCUT2D eigenvalue weighted by Gasteiger charge is -2.13. The van der Waals surface area contributed by atoms with Crippen molar-refractivity contribution < 1.29 is 14.6 Å². The number of rotatable bonds is 6. The number of anilines is 2. The minimum Gasteiger partial charge on any atom is -0.479 e. The summed E-state index contributed by atoms with van der Waals surface area (Å²) in [6.07, 6.45) is 0.418. The van der Waals surface area contributed by atoms with Crippen LogP contribution in [0.1, 0.15) is 12.5 Å². The van der Waals surface area contributed by atoms with Gasteiger partial charge >= 0.3 is 5.97 Å². The zero-order chi connectivity index (χ0) is 17.0. The third-order valence-electron chi connectivity index (χ3n) is 2.56. The Morgan fingerprint density at radius 1 is 1.52 bits per heavy atom. The van der Waals surface area contributed by atoms with Gasteiger partial charge in [-0.2, -0.15) is 5.10 Å². The van der Waals surface area contributed by atoms with E-state index >= 15 is 0 Å². The zero-order valence-electron chi connectivity index (χ0n) is 11.8. The van der Waals surface area contributed by atoms with Crippen molar-refractivity contribution >= 4 is 57.7 Å². The van der Waals surface area contributed by atoms with Gasteiger partial charge in [0.2, 0.25) is 5.13 Å². The molecule has 2 aromatic rings. The molecule has 10 heteroatoms. The number of hydrogen-bond acceptors (Lipinski definition) is 7. The summed E-state index contributed by atoms with van der Waals surface area (Å²) in [5.74, 6) is -0.594. The molecular formula is C13H12Cl2N4O3S. The van der Waals surface area contributed by atoms with Crippen LogP contribution in [-0.4, -0.2) is 28.4 Å². The molecule has 0 bridgehead atoms. The van der Waals surface area contributed by atoms with Crippen molar-refractivity contribution in [2.45, 2.75) is 13.0 Å². The number of halogens is 2. The van der Waals surface area contributed by atoms with Crippen molar-refractivity contribution in [2.24, 2.45) is 5.10 Å². The number of nitrogens with one attached hydrogen (secondary N) is 1. The first-order valence-corrected chi connectivity index (χ1v) is 7.89. The molecule has 1 unspecified atom stereocenters. The fourth-order valence-electron chi connectivity index (χ4n) is 1.49. The van der Waals surface area contributed by atoms with Crippen molar-refractivity contribution in [1.82, 2.24) is 4.98 Å². The van der Waals surface area contributed by atoms with E-state index in [1.165, 1.54) is 24.5 Å². The molecule has 0 saturated carbocycles.